The maximum atomic E-state index is 12.7. The molecule has 0 atom stereocenters. The van der Waals surface area contributed by atoms with Gasteiger partial charge in [0.2, 0.25) is 0 Å². The Labute approximate surface area is 131 Å². The van der Waals surface area contributed by atoms with E-state index in [-0.39, 0.29) is 18.1 Å². The van der Waals surface area contributed by atoms with Crippen LogP contribution >= 0.6 is 11.6 Å². The first-order valence-electron chi connectivity index (χ1n) is 6.26. The van der Waals surface area contributed by atoms with E-state index in [4.69, 9.17) is 11.6 Å². The maximum absolute atomic E-state index is 12.7. The molecule has 0 spiro atoms. The van der Waals surface area contributed by atoms with Gasteiger partial charge in [0.25, 0.3) is 0 Å². The molecule has 2 rings (SSSR count). The zero-order valence-corrected chi connectivity index (χ0v) is 13.2. The number of nitrogens with one attached hydrogen (secondary N) is 1. The molecule has 9 heteroatoms. The van der Waals surface area contributed by atoms with Crippen LogP contribution in [0.5, 0.6) is 0 Å². The average molecular weight is 350 g/mol. The monoisotopic (exact) mass is 349 g/mol. The minimum absolute atomic E-state index is 0.0411. The van der Waals surface area contributed by atoms with Crippen molar-refractivity contribution in [2.75, 3.05) is 11.6 Å². The Hall–Kier alpha value is -1.67. The standard InChI is InChI=1S/C13H14ClF2N3O2S/c1-22(20,21)8-9-2-3-10(14)11(6-9)18-7-12-17-4-5-19(12)13(15)16/h2-6,13,18H,7-8H2,1H3. The van der Waals surface area contributed by atoms with E-state index < -0.39 is 16.4 Å². The van der Waals surface area contributed by atoms with Gasteiger partial charge in [-0.25, -0.2) is 13.4 Å². The van der Waals surface area contributed by atoms with Crippen LogP contribution in [0.4, 0.5) is 14.5 Å². The van der Waals surface area contributed by atoms with Crippen molar-refractivity contribution in [3.63, 3.8) is 0 Å². The highest BCUT2D eigenvalue weighted by Gasteiger charge is 2.12. The van der Waals surface area contributed by atoms with Crippen molar-refractivity contribution in [1.29, 1.82) is 0 Å². The number of anilines is 1. The van der Waals surface area contributed by atoms with Gasteiger partial charge in [0.15, 0.2) is 9.84 Å². The summed E-state index contributed by atoms with van der Waals surface area (Å²) in [6.07, 6.45) is 3.60. The molecule has 1 heterocycles. The largest absolute Gasteiger partial charge is 0.377 e. The Kier molecular flexibility index (Phi) is 5.02. The lowest BCUT2D eigenvalue weighted by atomic mass is 10.2. The van der Waals surface area contributed by atoms with Crippen molar-refractivity contribution >= 4 is 27.1 Å². The van der Waals surface area contributed by atoms with Crippen LogP contribution < -0.4 is 5.32 Å². The quantitative estimate of drug-likeness (QED) is 0.870. The van der Waals surface area contributed by atoms with Gasteiger partial charge in [-0.05, 0) is 17.7 Å². The van der Waals surface area contributed by atoms with E-state index in [2.05, 4.69) is 10.3 Å². The fourth-order valence-electron chi connectivity index (χ4n) is 1.93. The van der Waals surface area contributed by atoms with Gasteiger partial charge in [-0.2, -0.15) is 8.78 Å². The third-order valence-electron chi connectivity index (χ3n) is 2.86. The van der Waals surface area contributed by atoms with Gasteiger partial charge < -0.3 is 5.32 Å². The third-order valence-corrected chi connectivity index (χ3v) is 4.04. The fraction of sp³-hybridized carbons (Fsp3) is 0.308. The molecule has 0 bridgehead atoms. The van der Waals surface area contributed by atoms with E-state index in [1.165, 1.54) is 12.4 Å². The first-order valence-corrected chi connectivity index (χ1v) is 8.70. The number of alkyl halides is 2. The molecule has 0 radical (unpaired) electrons. The summed E-state index contributed by atoms with van der Waals surface area (Å²) in [5, 5.41) is 3.26. The fourth-order valence-corrected chi connectivity index (χ4v) is 2.90. The van der Waals surface area contributed by atoms with Crippen molar-refractivity contribution in [1.82, 2.24) is 9.55 Å². The van der Waals surface area contributed by atoms with Crippen LogP contribution in [0.15, 0.2) is 30.6 Å². The van der Waals surface area contributed by atoms with E-state index in [0.717, 1.165) is 10.8 Å². The molecule has 0 aliphatic rings. The molecule has 0 aliphatic carbocycles. The Morgan fingerprint density at radius 3 is 2.77 bits per heavy atom. The van der Waals surface area contributed by atoms with Gasteiger partial charge in [-0.1, -0.05) is 17.7 Å². The van der Waals surface area contributed by atoms with Gasteiger partial charge in [-0.15, -0.1) is 0 Å². The van der Waals surface area contributed by atoms with Crippen LogP contribution in [0.2, 0.25) is 5.02 Å². The summed E-state index contributed by atoms with van der Waals surface area (Å²) >= 11 is 6.02. The Morgan fingerprint density at radius 1 is 1.41 bits per heavy atom. The molecule has 0 saturated carbocycles. The summed E-state index contributed by atoms with van der Waals surface area (Å²) < 4.78 is 48.8. The Morgan fingerprint density at radius 2 is 2.14 bits per heavy atom. The first kappa shape index (κ1) is 16.7. The second-order valence-corrected chi connectivity index (χ2v) is 7.31. The zero-order valence-electron chi connectivity index (χ0n) is 11.6. The van der Waals surface area contributed by atoms with Crippen LogP contribution in [0.3, 0.4) is 0 Å². The summed E-state index contributed by atoms with van der Waals surface area (Å²) in [5.41, 5.74) is 1.03. The number of aromatic nitrogens is 2. The molecule has 1 aromatic carbocycles. The van der Waals surface area contributed by atoms with Crippen LogP contribution in [0.25, 0.3) is 0 Å². The molecule has 0 amide bonds. The molecule has 0 aliphatic heterocycles. The molecule has 22 heavy (non-hydrogen) atoms. The van der Waals surface area contributed by atoms with Crippen molar-refractivity contribution in [3.05, 3.63) is 47.0 Å². The number of hydrogen-bond donors (Lipinski definition) is 1. The van der Waals surface area contributed by atoms with Crippen molar-refractivity contribution in [3.8, 4) is 0 Å². The molecule has 1 aromatic heterocycles. The second kappa shape index (κ2) is 6.62. The molecule has 2 aromatic rings. The molecule has 0 fully saturated rings. The summed E-state index contributed by atoms with van der Waals surface area (Å²) in [6.45, 7) is -2.63. The van der Waals surface area contributed by atoms with Gasteiger partial charge in [0.1, 0.15) is 5.82 Å². The SMILES string of the molecule is CS(=O)(=O)Cc1ccc(Cl)c(NCc2nccn2C(F)F)c1. The average Bonchev–Trinajstić information content (AvgIpc) is 2.86. The molecular formula is C13H14ClF2N3O2S. The molecule has 1 N–H and O–H groups in total. The summed E-state index contributed by atoms with van der Waals surface area (Å²) in [7, 11) is -3.17. The van der Waals surface area contributed by atoms with Crippen LogP contribution in [0.1, 0.15) is 17.9 Å². The second-order valence-electron chi connectivity index (χ2n) is 4.77. The lowest BCUT2D eigenvalue weighted by molar-refractivity contribution is 0.0673. The molecule has 0 unspecified atom stereocenters. The summed E-state index contributed by atoms with van der Waals surface area (Å²) in [5.74, 6) is 0.0319. The minimum atomic E-state index is -3.17. The minimum Gasteiger partial charge on any atom is -0.377 e. The van der Waals surface area contributed by atoms with E-state index in [0.29, 0.717) is 16.3 Å². The normalized spacial score (nSPS) is 11.9. The lowest BCUT2D eigenvalue weighted by Gasteiger charge is -2.11. The number of rotatable bonds is 6. The first-order chi connectivity index (χ1) is 10.3. The van der Waals surface area contributed by atoms with Crippen molar-refractivity contribution in [2.24, 2.45) is 0 Å². The lowest BCUT2D eigenvalue weighted by Crippen LogP contribution is -2.09. The van der Waals surface area contributed by atoms with Gasteiger partial charge in [-0.3, -0.25) is 4.57 Å². The highest BCUT2D eigenvalue weighted by atomic mass is 35.5. The summed E-state index contributed by atoms with van der Waals surface area (Å²) in [6, 6.07) is 4.75. The van der Waals surface area contributed by atoms with Crippen LogP contribution in [-0.2, 0) is 22.1 Å². The van der Waals surface area contributed by atoms with Crippen molar-refractivity contribution in [2.45, 2.75) is 18.8 Å². The number of hydrogen-bond acceptors (Lipinski definition) is 4. The van der Waals surface area contributed by atoms with E-state index in [1.54, 1.807) is 18.2 Å². The van der Waals surface area contributed by atoms with Crippen LogP contribution in [0, 0.1) is 0 Å². The number of halogens is 3. The Balaban J connectivity index is 2.15. The smallest absolute Gasteiger partial charge is 0.319 e. The molecule has 0 saturated heterocycles. The third kappa shape index (κ3) is 4.41. The number of imidazole rings is 1. The van der Waals surface area contributed by atoms with Crippen LogP contribution in [-0.4, -0.2) is 24.2 Å². The summed E-state index contributed by atoms with van der Waals surface area (Å²) in [4.78, 5) is 3.85. The van der Waals surface area contributed by atoms with E-state index in [1.807, 2.05) is 0 Å². The Bertz CT molecular complexity index is 762. The van der Waals surface area contributed by atoms with Gasteiger partial charge in [0.05, 0.1) is 23.0 Å². The predicted octanol–water partition coefficient (Wildman–Crippen LogP) is 3.09. The molecular weight excluding hydrogens is 336 g/mol. The highest BCUT2D eigenvalue weighted by Crippen LogP contribution is 2.25. The highest BCUT2D eigenvalue weighted by molar-refractivity contribution is 7.89. The van der Waals surface area contributed by atoms with Crippen molar-refractivity contribution < 1.29 is 17.2 Å². The van der Waals surface area contributed by atoms with E-state index >= 15 is 0 Å². The topological polar surface area (TPSA) is 64.0 Å². The van der Waals surface area contributed by atoms with Gasteiger partial charge >= 0.3 is 6.55 Å². The predicted molar refractivity (Wildman–Crippen MR) is 80.8 cm³/mol. The zero-order chi connectivity index (χ0) is 16.3. The molecule has 5 nitrogen and oxygen atoms in total. The van der Waals surface area contributed by atoms with E-state index in [9.17, 15) is 17.2 Å². The number of nitrogens with zero attached hydrogens (tertiary/aromatic N) is 2. The number of sulfone groups is 1. The molecule has 120 valence electrons. The van der Waals surface area contributed by atoms with Gasteiger partial charge in [0, 0.05) is 18.6 Å². The number of benzene rings is 1. The maximum Gasteiger partial charge on any atom is 0.319 e.